The van der Waals surface area contributed by atoms with Gasteiger partial charge < -0.3 is 19.5 Å². The molecular formula is C12H14N2O4. The van der Waals surface area contributed by atoms with Crippen LogP contribution in [0.3, 0.4) is 0 Å². The standard InChI is InChI=1S/C12H14N2O4/c1-12(2,17-3)11-13-10(18-14-11)9-7(15)5-4-6-8(9)16/h4-6,15-16H,1-3H3. The van der Waals surface area contributed by atoms with Gasteiger partial charge in [-0.3, -0.25) is 0 Å². The van der Waals surface area contributed by atoms with E-state index in [2.05, 4.69) is 10.1 Å². The van der Waals surface area contributed by atoms with E-state index in [1.165, 1.54) is 25.3 Å². The number of phenols is 2. The number of methoxy groups -OCH3 is 1. The average molecular weight is 250 g/mol. The zero-order valence-corrected chi connectivity index (χ0v) is 10.3. The summed E-state index contributed by atoms with van der Waals surface area (Å²) in [6, 6.07) is 4.38. The van der Waals surface area contributed by atoms with Crippen LogP contribution in [0.2, 0.25) is 0 Å². The predicted octanol–water partition coefficient (Wildman–Crippen LogP) is 2.03. The molecule has 1 heterocycles. The highest BCUT2D eigenvalue weighted by Gasteiger charge is 2.27. The highest BCUT2D eigenvalue weighted by molar-refractivity contribution is 5.69. The Kier molecular flexibility index (Phi) is 2.96. The molecule has 0 radical (unpaired) electrons. The van der Waals surface area contributed by atoms with Gasteiger partial charge in [-0.15, -0.1) is 0 Å². The second-order valence-corrected chi connectivity index (χ2v) is 4.31. The molecule has 96 valence electrons. The molecule has 6 heteroatoms. The molecule has 2 N–H and O–H groups in total. The van der Waals surface area contributed by atoms with Crippen LogP contribution in [0, 0.1) is 0 Å². The van der Waals surface area contributed by atoms with Crippen LogP contribution in [0.5, 0.6) is 11.5 Å². The third-order valence-corrected chi connectivity index (χ3v) is 2.71. The van der Waals surface area contributed by atoms with Crippen molar-refractivity contribution < 1.29 is 19.5 Å². The summed E-state index contributed by atoms with van der Waals surface area (Å²) >= 11 is 0. The number of nitrogens with zero attached hydrogens (tertiary/aromatic N) is 2. The quantitative estimate of drug-likeness (QED) is 0.866. The highest BCUT2D eigenvalue weighted by atomic mass is 16.5. The maximum absolute atomic E-state index is 9.70. The van der Waals surface area contributed by atoms with Gasteiger partial charge in [0.05, 0.1) is 0 Å². The lowest BCUT2D eigenvalue weighted by atomic mass is 10.1. The molecule has 2 rings (SSSR count). The first-order valence-electron chi connectivity index (χ1n) is 5.36. The molecule has 1 aromatic heterocycles. The van der Waals surface area contributed by atoms with Crippen LogP contribution >= 0.6 is 0 Å². The zero-order valence-electron chi connectivity index (χ0n) is 10.3. The minimum absolute atomic E-state index is 0.0470. The SMILES string of the molecule is COC(C)(C)c1noc(-c2c(O)cccc2O)n1. The summed E-state index contributed by atoms with van der Waals surface area (Å²) in [4.78, 5) is 4.12. The smallest absolute Gasteiger partial charge is 0.265 e. The normalized spacial score (nSPS) is 11.7. The van der Waals surface area contributed by atoms with Crippen LogP contribution in [0.4, 0.5) is 0 Å². The van der Waals surface area contributed by atoms with Crippen molar-refractivity contribution in [3.63, 3.8) is 0 Å². The molecule has 0 saturated heterocycles. The number of ether oxygens (including phenoxy) is 1. The van der Waals surface area contributed by atoms with Gasteiger partial charge in [0.1, 0.15) is 22.7 Å². The lowest BCUT2D eigenvalue weighted by molar-refractivity contribution is 0.00973. The Morgan fingerprint density at radius 2 is 1.83 bits per heavy atom. The van der Waals surface area contributed by atoms with E-state index in [4.69, 9.17) is 9.26 Å². The van der Waals surface area contributed by atoms with Crippen LogP contribution < -0.4 is 0 Å². The van der Waals surface area contributed by atoms with Gasteiger partial charge in [-0.2, -0.15) is 4.98 Å². The number of hydrogen-bond donors (Lipinski definition) is 2. The summed E-state index contributed by atoms with van der Waals surface area (Å²) in [5.74, 6) is 0.134. The van der Waals surface area contributed by atoms with E-state index in [-0.39, 0.29) is 23.0 Å². The van der Waals surface area contributed by atoms with Gasteiger partial charge in [-0.1, -0.05) is 11.2 Å². The minimum Gasteiger partial charge on any atom is -0.507 e. The molecule has 0 aliphatic heterocycles. The molecule has 18 heavy (non-hydrogen) atoms. The van der Waals surface area contributed by atoms with Crippen LogP contribution in [-0.2, 0) is 10.3 Å². The monoisotopic (exact) mass is 250 g/mol. The second kappa shape index (κ2) is 4.30. The molecule has 6 nitrogen and oxygen atoms in total. The first kappa shape index (κ1) is 12.4. The first-order chi connectivity index (χ1) is 8.45. The minimum atomic E-state index is -0.707. The van der Waals surface area contributed by atoms with Crippen molar-refractivity contribution in [2.75, 3.05) is 7.11 Å². The fraction of sp³-hybridized carbons (Fsp3) is 0.333. The van der Waals surface area contributed by atoms with Crippen molar-refractivity contribution >= 4 is 0 Å². The Hall–Kier alpha value is -2.08. The van der Waals surface area contributed by atoms with Gasteiger partial charge >= 0.3 is 0 Å². The molecule has 0 aliphatic rings. The largest absolute Gasteiger partial charge is 0.507 e. The van der Waals surface area contributed by atoms with Crippen molar-refractivity contribution in [1.82, 2.24) is 10.1 Å². The third kappa shape index (κ3) is 2.02. The van der Waals surface area contributed by atoms with Gasteiger partial charge in [-0.05, 0) is 26.0 Å². The van der Waals surface area contributed by atoms with Crippen molar-refractivity contribution in [3.8, 4) is 23.0 Å². The van der Waals surface area contributed by atoms with Crippen LogP contribution in [0.15, 0.2) is 22.7 Å². The second-order valence-electron chi connectivity index (χ2n) is 4.31. The van der Waals surface area contributed by atoms with Crippen molar-refractivity contribution in [2.24, 2.45) is 0 Å². The van der Waals surface area contributed by atoms with Crippen LogP contribution in [0.25, 0.3) is 11.5 Å². The number of hydrogen-bond acceptors (Lipinski definition) is 6. The van der Waals surface area contributed by atoms with Gasteiger partial charge in [0.15, 0.2) is 0 Å². The van der Waals surface area contributed by atoms with Crippen molar-refractivity contribution in [2.45, 2.75) is 19.4 Å². The molecule has 1 aromatic carbocycles. The van der Waals surface area contributed by atoms with E-state index in [9.17, 15) is 10.2 Å². The van der Waals surface area contributed by atoms with Gasteiger partial charge in [0.25, 0.3) is 5.89 Å². The summed E-state index contributed by atoms with van der Waals surface area (Å²) in [7, 11) is 1.54. The van der Waals surface area contributed by atoms with Gasteiger partial charge in [0.2, 0.25) is 5.82 Å². The Morgan fingerprint density at radius 3 is 2.39 bits per heavy atom. The van der Waals surface area contributed by atoms with E-state index in [1.54, 1.807) is 13.8 Å². The molecule has 0 fully saturated rings. The number of rotatable bonds is 3. The zero-order chi connectivity index (χ0) is 13.3. The molecule has 2 aromatic rings. The molecule has 0 unspecified atom stereocenters. The molecule has 0 amide bonds. The number of benzene rings is 1. The topological polar surface area (TPSA) is 88.6 Å². The number of aromatic hydroxyl groups is 2. The van der Waals surface area contributed by atoms with E-state index in [0.717, 1.165) is 0 Å². The fourth-order valence-corrected chi connectivity index (χ4v) is 1.41. The van der Waals surface area contributed by atoms with E-state index < -0.39 is 5.60 Å². The first-order valence-corrected chi connectivity index (χ1v) is 5.36. The summed E-state index contributed by atoms with van der Waals surface area (Å²) in [6.45, 7) is 3.57. The Balaban J connectivity index is 2.48. The number of phenolic OH excluding ortho intramolecular Hbond substituents is 2. The molecule has 0 bridgehead atoms. The summed E-state index contributed by atoms with van der Waals surface area (Å²) in [5, 5.41) is 23.2. The van der Waals surface area contributed by atoms with Crippen molar-refractivity contribution in [1.29, 1.82) is 0 Å². The lowest BCUT2D eigenvalue weighted by Crippen LogP contribution is -2.21. The van der Waals surface area contributed by atoms with E-state index >= 15 is 0 Å². The maximum Gasteiger partial charge on any atom is 0.265 e. The van der Waals surface area contributed by atoms with Crippen LogP contribution in [0.1, 0.15) is 19.7 Å². The molecule has 0 aliphatic carbocycles. The third-order valence-electron chi connectivity index (χ3n) is 2.71. The van der Waals surface area contributed by atoms with Gasteiger partial charge in [-0.25, -0.2) is 0 Å². The Labute approximate surface area is 104 Å². The molecule has 0 atom stereocenters. The summed E-state index contributed by atoms with van der Waals surface area (Å²) < 4.78 is 10.3. The number of aromatic nitrogens is 2. The maximum atomic E-state index is 9.70. The highest BCUT2D eigenvalue weighted by Crippen LogP contribution is 2.36. The lowest BCUT2D eigenvalue weighted by Gasteiger charge is -2.17. The van der Waals surface area contributed by atoms with Crippen molar-refractivity contribution in [3.05, 3.63) is 24.0 Å². The Morgan fingerprint density at radius 1 is 1.22 bits per heavy atom. The van der Waals surface area contributed by atoms with Gasteiger partial charge in [0, 0.05) is 7.11 Å². The fourth-order valence-electron chi connectivity index (χ4n) is 1.41. The summed E-state index contributed by atoms with van der Waals surface area (Å²) in [6.07, 6.45) is 0. The Bertz CT molecular complexity index is 543. The summed E-state index contributed by atoms with van der Waals surface area (Å²) in [5.41, 5.74) is -0.593. The average Bonchev–Trinajstić information content (AvgIpc) is 2.79. The predicted molar refractivity (Wildman–Crippen MR) is 63.1 cm³/mol. The molecule has 0 saturated carbocycles. The van der Waals surface area contributed by atoms with E-state index in [1.807, 2.05) is 0 Å². The molecule has 0 spiro atoms. The molecular weight excluding hydrogens is 236 g/mol. The van der Waals surface area contributed by atoms with Crippen LogP contribution in [-0.4, -0.2) is 27.5 Å². The van der Waals surface area contributed by atoms with E-state index in [0.29, 0.717) is 5.82 Å².